The first-order valence-corrected chi connectivity index (χ1v) is 4.11. The minimum absolute atomic E-state index is 0.163. The zero-order valence-electron chi connectivity index (χ0n) is 7.79. The van der Waals surface area contributed by atoms with Crippen molar-refractivity contribution in [1.29, 1.82) is 0 Å². The van der Waals surface area contributed by atoms with Crippen LogP contribution in [-0.2, 0) is 22.6 Å². The van der Waals surface area contributed by atoms with Crippen molar-refractivity contribution in [3.8, 4) is 0 Å². The van der Waals surface area contributed by atoms with E-state index in [0.717, 1.165) is 0 Å². The van der Waals surface area contributed by atoms with E-state index in [-0.39, 0.29) is 13.0 Å². The van der Waals surface area contributed by atoms with Gasteiger partial charge in [0, 0.05) is 12.7 Å². The predicted molar refractivity (Wildman–Crippen MR) is 48.5 cm³/mol. The van der Waals surface area contributed by atoms with Crippen molar-refractivity contribution in [1.82, 2.24) is 0 Å². The molecule has 0 bridgehead atoms. The van der Waals surface area contributed by atoms with Crippen LogP contribution in [0, 0.1) is 5.82 Å². The Kier molecular flexibility index (Phi) is 3.59. The standard InChI is InChI=1S/C10H11FO3/c1-14-6-8-3-2-7(4-9(8)11)5-10(12)13/h2-4H,5-6H2,1H3,(H,12,13). The maximum absolute atomic E-state index is 13.2. The summed E-state index contributed by atoms with van der Waals surface area (Å²) >= 11 is 0. The molecule has 0 aliphatic heterocycles. The van der Waals surface area contributed by atoms with Crippen LogP contribution in [0.15, 0.2) is 18.2 Å². The van der Waals surface area contributed by atoms with Gasteiger partial charge in [-0.3, -0.25) is 4.79 Å². The Morgan fingerprint density at radius 1 is 1.57 bits per heavy atom. The van der Waals surface area contributed by atoms with Crippen molar-refractivity contribution >= 4 is 5.97 Å². The molecule has 0 aromatic heterocycles. The molecular weight excluding hydrogens is 187 g/mol. The third-order valence-electron chi connectivity index (χ3n) is 1.77. The van der Waals surface area contributed by atoms with Crippen LogP contribution in [0.3, 0.4) is 0 Å². The number of hydrogen-bond acceptors (Lipinski definition) is 2. The maximum atomic E-state index is 13.2. The van der Waals surface area contributed by atoms with Crippen LogP contribution >= 0.6 is 0 Å². The van der Waals surface area contributed by atoms with Crippen LogP contribution in [0.25, 0.3) is 0 Å². The lowest BCUT2D eigenvalue weighted by Gasteiger charge is -2.03. The molecular formula is C10H11FO3. The second kappa shape index (κ2) is 4.72. The molecule has 0 atom stereocenters. The average molecular weight is 198 g/mol. The van der Waals surface area contributed by atoms with Crippen LogP contribution in [-0.4, -0.2) is 18.2 Å². The van der Waals surface area contributed by atoms with Gasteiger partial charge in [-0.1, -0.05) is 12.1 Å². The minimum atomic E-state index is -0.969. The fourth-order valence-corrected chi connectivity index (χ4v) is 1.15. The first kappa shape index (κ1) is 10.7. The van der Waals surface area contributed by atoms with E-state index in [0.29, 0.717) is 11.1 Å². The van der Waals surface area contributed by atoms with E-state index in [9.17, 15) is 9.18 Å². The molecule has 14 heavy (non-hydrogen) atoms. The van der Waals surface area contributed by atoms with E-state index < -0.39 is 11.8 Å². The number of benzene rings is 1. The van der Waals surface area contributed by atoms with E-state index in [1.54, 1.807) is 6.07 Å². The molecule has 0 fully saturated rings. The molecule has 0 unspecified atom stereocenters. The lowest BCUT2D eigenvalue weighted by molar-refractivity contribution is -0.136. The van der Waals surface area contributed by atoms with Gasteiger partial charge >= 0.3 is 5.97 Å². The van der Waals surface area contributed by atoms with Gasteiger partial charge in [0.15, 0.2) is 0 Å². The third-order valence-corrected chi connectivity index (χ3v) is 1.77. The Bertz CT molecular complexity index is 336. The second-order valence-electron chi connectivity index (χ2n) is 2.93. The quantitative estimate of drug-likeness (QED) is 0.799. The predicted octanol–water partition coefficient (Wildman–Crippen LogP) is 1.60. The van der Waals surface area contributed by atoms with Crippen LogP contribution < -0.4 is 0 Å². The van der Waals surface area contributed by atoms with Gasteiger partial charge in [0.2, 0.25) is 0 Å². The Hall–Kier alpha value is -1.42. The highest BCUT2D eigenvalue weighted by Gasteiger charge is 2.05. The topological polar surface area (TPSA) is 46.5 Å². The van der Waals surface area contributed by atoms with Crippen LogP contribution in [0.1, 0.15) is 11.1 Å². The zero-order chi connectivity index (χ0) is 10.6. The van der Waals surface area contributed by atoms with E-state index in [2.05, 4.69) is 0 Å². The van der Waals surface area contributed by atoms with E-state index >= 15 is 0 Å². The fourth-order valence-electron chi connectivity index (χ4n) is 1.15. The summed E-state index contributed by atoms with van der Waals surface area (Å²) in [5, 5.41) is 8.48. The number of rotatable bonds is 4. The number of methoxy groups -OCH3 is 1. The molecule has 0 saturated carbocycles. The van der Waals surface area contributed by atoms with Gasteiger partial charge in [-0.2, -0.15) is 0 Å². The van der Waals surface area contributed by atoms with Crippen molar-refractivity contribution < 1.29 is 19.0 Å². The molecule has 0 spiro atoms. The molecule has 4 heteroatoms. The molecule has 1 aromatic carbocycles. The molecule has 1 N–H and O–H groups in total. The Morgan fingerprint density at radius 2 is 2.29 bits per heavy atom. The van der Waals surface area contributed by atoms with Gasteiger partial charge in [0.1, 0.15) is 5.82 Å². The van der Waals surface area contributed by atoms with E-state index in [1.807, 2.05) is 0 Å². The van der Waals surface area contributed by atoms with Crippen molar-refractivity contribution in [2.24, 2.45) is 0 Å². The van der Waals surface area contributed by atoms with Crippen LogP contribution in [0.2, 0.25) is 0 Å². The summed E-state index contributed by atoms with van der Waals surface area (Å²) in [5.74, 6) is -1.39. The van der Waals surface area contributed by atoms with Crippen molar-refractivity contribution in [2.75, 3.05) is 7.11 Å². The first-order chi connectivity index (χ1) is 6.63. The monoisotopic (exact) mass is 198 g/mol. The Balaban J connectivity index is 2.83. The van der Waals surface area contributed by atoms with Crippen molar-refractivity contribution in [3.63, 3.8) is 0 Å². The van der Waals surface area contributed by atoms with Gasteiger partial charge in [0.25, 0.3) is 0 Å². The Morgan fingerprint density at radius 3 is 2.79 bits per heavy atom. The smallest absolute Gasteiger partial charge is 0.307 e. The normalized spacial score (nSPS) is 10.1. The number of halogens is 1. The van der Waals surface area contributed by atoms with E-state index in [4.69, 9.17) is 9.84 Å². The number of hydrogen-bond donors (Lipinski definition) is 1. The van der Waals surface area contributed by atoms with Gasteiger partial charge in [-0.05, 0) is 11.6 Å². The summed E-state index contributed by atoms with van der Waals surface area (Å²) in [6.07, 6.45) is -0.163. The maximum Gasteiger partial charge on any atom is 0.307 e. The molecule has 0 aliphatic rings. The largest absolute Gasteiger partial charge is 0.481 e. The van der Waals surface area contributed by atoms with Crippen molar-refractivity contribution in [2.45, 2.75) is 13.0 Å². The fraction of sp³-hybridized carbons (Fsp3) is 0.300. The summed E-state index contributed by atoms with van der Waals surface area (Å²) in [7, 11) is 1.48. The summed E-state index contributed by atoms with van der Waals surface area (Å²) in [6.45, 7) is 0.194. The SMILES string of the molecule is COCc1ccc(CC(=O)O)cc1F. The highest BCUT2D eigenvalue weighted by molar-refractivity contribution is 5.70. The number of carbonyl (C=O) groups is 1. The highest BCUT2D eigenvalue weighted by atomic mass is 19.1. The second-order valence-corrected chi connectivity index (χ2v) is 2.93. The number of carboxylic acids is 1. The van der Waals surface area contributed by atoms with E-state index in [1.165, 1.54) is 19.2 Å². The molecule has 1 rings (SSSR count). The molecule has 0 amide bonds. The third kappa shape index (κ3) is 2.81. The molecule has 0 radical (unpaired) electrons. The molecule has 0 heterocycles. The number of aliphatic carboxylic acids is 1. The van der Waals surface area contributed by atoms with Crippen LogP contribution in [0.5, 0.6) is 0 Å². The molecule has 76 valence electrons. The van der Waals surface area contributed by atoms with Crippen molar-refractivity contribution in [3.05, 3.63) is 35.1 Å². The Labute approximate surface area is 81.1 Å². The number of carboxylic acid groups (broad SMARTS) is 1. The summed E-state index contributed by atoms with van der Waals surface area (Å²) < 4.78 is 18.0. The van der Waals surface area contributed by atoms with Gasteiger partial charge < -0.3 is 9.84 Å². The number of ether oxygens (including phenoxy) is 1. The van der Waals surface area contributed by atoms with Gasteiger partial charge in [-0.25, -0.2) is 4.39 Å². The van der Waals surface area contributed by atoms with Crippen LogP contribution in [0.4, 0.5) is 4.39 Å². The summed E-state index contributed by atoms with van der Waals surface area (Å²) in [4.78, 5) is 10.3. The van der Waals surface area contributed by atoms with Gasteiger partial charge in [-0.15, -0.1) is 0 Å². The lowest BCUT2D eigenvalue weighted by atomic mass is 10.1. The average Bonchev–Trinajstić information content (AvgIpc) is 2.09. The molecule has 1 aromatic rings. The molecule has 0 saturated heterocycles. The zero-order valence-corrected chi connectivity index (χ0v) is 7.79. The highest BCUT2D eigenvalue weighted by Crippen LogP contribution is 2.11. The minimum Gasteiger partial charge on any atom is -0.481 e. The summed E-state index contributed by atoms with van der Waals surface area (Å²) in [6, 6.07) is 4.35. The lowest BCUT2D eigenvalue weighted by Crippen LogP contribution is -2.01. The van der Waals surface area contributed by atoms with Gasteiger partial charge in [0.05, 0.1) is 13.0 Å². The summed E-state index contributed by atoms with van der Waals surface area (Å²) in [5.41, 5.74) is 0.886. The molecule has 3 nitrogen and oxygen atoms in total. The first-order valence-electron chi connectivity index (χ1n) is 4.11. The molecule has 0 aliphatic carbocycles.